The van der Waals surface area contributed by atoms with Crippen LogP contribution in [-0.2, 0) is 7.05 Å². The Morgan fingerprint density at radius 1 is 1.38 bits per heavy atom. The van der Waals surface area contributed by atoms with Crippen molar-refractivity contribution in [2.45, 2.75) is 19.8 Å². The van der Waals surface area contributed by atoms with Crippen molar-refractivity contribution < 1.29 is 0 Å². The molecule has 0 N–H and O–H groups in total. The van der Waals surface area contributed by atoms with E-state index < -0.39 is 0 Å². The predicted octanol–water partition coefficient (Wildman–Crippen LogP) is 1.49. The zero-order valence-corrected chi connectivity index (χ0v) is 8.02. The van der Waals surface area contributed by atoms with Crippen molar-refractivity contribution in [2.75, 3.05) is 0 Å². The highest BCUT2D eigenvalue weighted by Gasteiger charge is 2.10. The van der Waals surface area contributed by atoms with Gasteiger partial charge in [-0.25, -0.2) is 15.0 Å². The van der Waals surface area contributed by atoms with Crippen LogP contribution in [0.2, 0.25) is 0 Å². The lowest BCUT2D eigenvalue weighted by atomic mass is 10.2. The molecular weight excluding hydrogens is 164 g/mol. The fourth-order valence-electron chi connectivity index (χ4n) is 1.48. The second-order valence-electron chi connectivity index (χ2n) is 3.42. The molecule has 2 aromatic rings. The number of hydrogen-bond acceptors (Lipinski definition) is 3. The van der Waals surface area contributed by atoms with Crippen LogP contribution in [0.3, 0.4) is 0 Å². The van der Waals surface area contributed by atoms with E-state index in [1.807, 2.05) is 11.6 Å². The van der Waals surface area contributed by atoms with Crippen LogP contribution in [-0.4, -0.2) is 19.5 Å². The number of aryl methyl sites for hydroxylation is 1. The SMILES string of the molecule is CC(C)c1nc2cncnc2n1C. The first-order valence-corrected chi connectivity index (χ1v) is 4.32. The first kappa shape index (κ1) is 8.16. The van der Waals surface area contributed by atoms with Crippen LogP contribution in [0.5, 0.6) is 0 Å². The van der Waals surface area contributed by atoms with E-state index in [0.717, 1.165) is 17.0 Å². The van der Waals surface area contributed by atoms with Gasteiger partial charge in [-0.05, 0) is 0 Å². The van der Waals surface area contributed by atoms with Gasteiger partial charge in [0, 0.05) is 13.0 Å². The summed E-state index contributed by atoms with van der Waals surface area (Å²) in [6.07, 6.45) is 3.29. The number of rotatable bonds is 1. The number of aromatic nitrogens is 4. The summed E-state index contributed by atoms with van der Waals surface area (Å²) in [6.45, 7) is 4.24. The smallest absolute Gasteiger partial charge is 0.163 e. The highest BCUT2D eigenvalue weighted by molar-refractivity contribution is 5.69. The van der Waals surface area contributed by atoms with Crippen LogP contribution in [0.1, 0.15) is 25.6 Å². The number of nitrogens with zero attached hydrogens (tertiary/aromatic N) is 4. The number of imidazole rings is 1. The molecule has 0 radical (unpaired) electrons. The van der Waals surface area contributed by atoms with Crippen molar-refractivity contribution in [2.24, 2.45) is 7.05 Å². The molecule has 0 aromatic carbocycles. The van der Waals surface area contributed by atoms with Gasteiger partial charge in [-0.3, -0.25) is 0 Å². The molecule has 0 aliphatic heterocycles. The lowest BCUT2D eigenvalue weighted by molar-refractivity contribution is 0.719. The molecule has 4 heteroatoms. The molecule has 0 amide bonds. The van der Waals surface area contributed by atoms with E-state index in [1.165, 1.54) is 0 Å². The second kappa shape index (κ2) is 2.80. The quantitative estimate of drug-likeness (QED) is 0.661. The molecule has 4 nitrogen and oxygen atoms in total. The Labute approximate surface area is 76.7 Å². The molecule has 0 saturated carbocycles. The van der Waals surface area contributed by atoms with Crippen molar-refractivity contribution in [3.63, 3.8) is 0 Å². The first-order valence-electron chi connectivity index (χ1n) is 4.32. The van der Waals surface area contributed by atoms with Crippen molar-refractivity contribution in [1.82, 2.24) is 19.5 Å². The van der Waals surface area contributed by atoms with E-state index in [0.29, 0.717) is 5.92 Å². The van der Waals surface area contributed by atoms with Crippen LogP contribution >= 0.6 is 0 Å². The van der Waals surface area contributed by atoms with Gasteiger partial charge in [0.05, 0.1) is 6.20 Å². The summed E-state index contributed by atoms with van der Waals surface area (Å²) >= 11 is 0. The summed E-state index contributed by atoms with van der Waals surface area (Å²) in [5.74, 6) is 1.47. The third-order valence-electron chi connectivity index (χ3n) is 2.09. The fraction of sp³-hybridized carbons (Fsp3) is 0.444. The van der Waals surface area contributed by atoms with Gasteiger partial charge in [0.15, 0.2) is 5.65 Å². The van der Waals surface area contributed by atoms with Gasteiger partial charge in [0.2, 0.25) is 0 Å². The van der Waals surface area contributed by atoms with Gasteiger partial charge in [0.25, 0.3) is 0 Å². The fourth-order valence-corrected chi connectivity index (χ4v) is 1.48. The van der Waals surface area contributed by atoms with E-state index in [-0.39, 0.29) is 0 Å². The Morgan fingerprint density at radius 3 is 2.77 bits per heavy atom. The second-order valence-corrected chi connectivity index (χ2v) is 3.42. The van der Waals surface area contributed by atoms with E-state index in [9.17, 15) is 0 Å². The molecule has 0 fully saturated rings. The highest BCUT2D eigenvalue weighted by Crippen LogP contribution is 2.17. The number of hydrogen-bond donors (Lipinski definition) is 0. The standard InChI is InChI=1S/C9H12N4/c1-6(2)8-12-7-4-10-5-11-9(7)13(8)3/h4-6H,1-3H3. The summed E-state index contributed by atoms with van der Waals surface area (Å²) in [7, 11) is 1.98. The molecule has 2 heterocycles. The molecule has 13 heavy (non-hydrogen) atoms. The molecule has 68 valence electrons. The Hall–Kier alpha value is -1.45. The minimum Gasteiger partial charge on any atom is -0.316 e. The van der Waals surface area contributed by atoms with Crippen molar-refractivity contribution in [3.8, 4) is 0 Å². The zero-order valence-electron chi connectivity index (χ0n) is 8.02. The molecule has 2 aromatic heterocycles. The first-order chi connectivity index (χ1) is 6.20. The summed E-state index contributed by atoms with van der Waals surface area (Å²) in [5.41, 5.74) is 1.77. The summed E-state index contributed by atoms with van der Waals surface area (Å²) < 4.78 is 2.02. The predicted molar refractivity (Wildman–Crippen MR) is 50.4 cm³/mol. The van der Waals surface area contributed by atoms with E-state index in [1.54, 1.807) is 12.5 Å². The van der Waals surface area contributed by atoms with Crippen molar-refractivity contribution >= 4 is 11.2 Å². The van der Waals surface area contributed by atoms with Crippen LogP contribution in [0, 0.1) is 0 Å². The maximum absolute atomic E-state index is 4.45. The average molecular weight is 176 g/mol. The van der Waals surface area contributed by atoms with E-state index in [2.05, 4.69) is 28.8 Å². The Kier molecular flexibility index (Phi) is 1.76. The Morgan fingerprint density at radius 2 is 2.15 bits per heavy atom. The van der Waals surface area contributed by atoms with Gasteiger partial charge in [-0.2, -0.15) is 0 Å². The Balaban J connectivity index is 2.74. The zero-order chi connectivity index (χ0) is 9.42. The highest BCUT2D eigenvalue weighted by atomic mass is 15.1. The average Bonchev–Trinajstić information content (AvgIpc) is 2.45. The van der Waals surface area contributed by atoms with Crippen LogP contribution < -0.4 is 0 Å². The van der Waals surface area contributed by atoms with Crippen LogP contribution in [0.25, 0.3) is 11.2 Å². The molecule has 0 aliphatic rings. The summed E-state index contributed by atoms with van der Waals surface area (Å²) in [6, 6.07) is 0. The molecule has 0 spiro atoms. The van der Waals surface area contributed by atoms with Gasteiger partial charge in [-0.1, -0.05) is 13.8 Å². The van der Waals surface area contributed by atoms with Crippen molar-refractivity contribution in [3.05, 3.63) is 18.3 Å². The van der Waals surface area contributed by atoms with Gasteiger partial charge in [0.1, 0.15) is 17.7 Å². The largest absolute Gasteiger partial charge is 0.316 e. The molecule has 0 atom stereocenters. The monoisotopic (exact) mass is 176 g/mol. The minimum atomic E-state index is 0.416. The molecule has 0 saturated heterocycles. The maximum atomic E-state index is 4.45. The number of fused-ring (bicyclic) bond motifs is 1. The molecule has 2 rings (SSSR count). The van der Waals surface area contributed by atoms with Crippen LogP contribution in [0.15, 0.2) is 12.5 Å². The third-order valence-corrected chi connectivity index (χ3v) is 2.09. The summed E-state index contributed by atoms with van der Waals surface area (Å²) in [5, 5.41) is 0. The molecule has 0 aliphatic carbocycles. The topological polar surface area (TPSA) is 43.6 Å². The lowest BCUT2D eigenvalue weighted by Gasteiger charge is -2.03. The minimum absolute atomic E-state index is 0.416. The van der Waals surface area contributed by atoms with E-state index in [4.69, 9.17) is 0 Å². The normalized spacial score (nSPS) is 11.4. The van der Waals surface area contributed by atoms with Gasteiger partial charge in [-0.15, -0.1) is 0 Å². The maximum Gasteiger partial charge on any atom is 0.163 e. The molecule has 0 unspecified atom stereocenters. The van der Waals surface area contributed by atoms with Crippen LogP contribution in [0.4, 0.5) is 0 Å². The third kappa shape index (κ3) is 1.18. The summed E-state index contributed by atoms with van der Waals surface area (Å²) in [4.78, 5) is 12.6. The van der Waals surface area contributed by atoms with Gasteiger partial charge >= 0.3 is 0 Å². The lowest BCUT2D eigenvalue weighted by Crippen LogP contribution is -1.99. The molecular formula is C9H12N4. The van der Waals surface area contributed by atoms with Crippen molar-refractivity contribution in [1.29, 1.82) is 0 Å². The van der Waals surface area contributed by atoms with Gasteiger partial charge < -0.3 is 4.57 Å². The molecule has 0 bridgehead atoms. The van der Waals surface area contributed by atoms with E-state index >= 15 is 0 Å². The Bertz CT molecular complexity index is 430.